The molecule has 0 aromatic heterocycles. The normalized spacial score (nSPS) is 24.1. The van der Waals surface area contributed by atoms with Gasteiger partial charge < -0.3 is 9.53 Å². The minimum absolute atomic E-state index is 0.0785. The Hall–Kier alpha value is -0.643. The summed E-state index contributed by atoms with van der Waals surface area (Å²) in [4.78, 5) is 0. The number of aliphatic hydroxyl groups excluding tert-OH is 1. The van der Waals surface area contributed by atoms with Crippen LogP contribution in [0.4, 0.5) is 0 Å². The number of aliphatic hydroxyl groups is 1. The van der Waals surface area contributed by atoms with Crippen molar-refractivity contribution in [3.8, 4) is 0 Å². The van der Waals surface area contributed by atoms with Crippen LogP contribution in [0.15, 0.2) is 24.3 Å². The molecule has 2 rings (SSSR count). The topological polar surface area (TPSA) is 29.5 Å². The Morgan fingerprint density at radius 1 is 0.955 bits per heavy atom. The number of hydrogen-bond donors (Lipinski definition) is 1. The van der Waals surface area contributed by atoms with Crippen LogP contribution in [0.3, 0.4) is 0 Å². The molecular formula is C19H32O2Si. The van der Waals surface area contributed by atoms with Crippen LogP contribution in [0.2, 0.25) is 5.04 Å². The Balaban J connectivity index is 2.01. The van der Waals surface area contributed by atoms with Gasteiger partial charge in [-0.05, 0) is 61.6 Å². The average molecular weight is 321 g/mol. The van der Waals surface area contributed by atoms with Gasteiger partial charge in [0.2, 0.25) is 0 Å². The molecule has 0 unspecified atom stereocenters. The number of rotatable bonds is 4. The number of benzene rings is 1. The van der Waals surface area contributed by atoms with Crippen molar-refractivity contribution in [2.24, 2.45) is 0 Å². The summed E-state index contributed by atoms with van der Waals surface area (Å²) in [5.74, 6) is 0.616. The fourth-order valence-electron chi connectivity index (χ4n) is 3.05. The van der Waals surface area contributed by atoms with Crippen LogP contribution in [-0.2, 0) is 10.0 Å². The van der Waals surface area contributed by atoms with Crippen LogP contribution in [-0.4, -0.2) is 21.0 Å². The fraction of sp³-hybridized carbons (Fsp3) is 0.684. The minimum Gasteiger partial charge on any atom is -0.415 e. The molecule has 22 heavy (non-hydrogen) atoms. The fourth-order valence-corrected chi connectivity index (χ4v) is 4.01. The van der Waals surface area contributed by atoms with Crippen molar-refractivity contribution in [3.63, 3.8) is 0 Å². The Kier molecular flexibility index (Phi) is 5.52. The first-order chi connectivity index (χ1) is 10.2. The SMILES string of the molecule is CC(C)(C)[SiH2]OC(C)(C)c1ccc([C@H]2CC[C@H](O)CC2)cc1. The Morgan fingerprint density at radius 2 is 1.50 bits per heavy atom. The summed E-state index contributed by atoms with van der Waals surface area (Å²) in [6.07, 6.45) is 4.02. The maximum Gasteiger partial charge on any atom is 0.168 e. The zero-order chi connectivity index (χ0) is 16.4. The summed E-state index contributed by atoms with van der Waals surface area (Å²) in [5.41, 5.74) is 2.49. The van der Waals surface area contributed by atoms with Crippen molar-refractivity contribution in [1.29, 1.82) is 0 Å². The maximum atomic E-state index is 9.64. The van der Waals surface area contributed by atoms with Crippen LogP contribution >= 0.6 is 0 Å². The monoisotopic (exact) mass is 320 g/mol. The van der Waals surface area contributed by atoms with Gasteiger partial charge in [-0.25, -0.2) is 0 Å². The Morgan fingerprint density at radius 3 is 2.00 bits per heavy atom. The zero-order valence-corrected chi connectivity index (χ0v) is 16.3. The van der Waals surface area contributed by atoms with Crippen LogP contribution in [0.1, 0.15) is 77.3 Å². The van der Waals surface area contributed by atoms with Crippen molar-refractivity contribution >= 4 is 9.76 Å². The lowest BCUT2D eigenvalue weighted by molar-refractivity contribution is 0.109. The van der Waals surface area contributed by atoms with E-state index in [1.165, 1.54) is 11.1 Å². The molecule has 0 atom stereocenters. The van der Waals surface area contributed by atoms with E-state index in [2.05, 4.69) is 58.9 Å². The first-order valence-electron chi connectivity index (χ1n) is 8.60. The molecule has 0 radical (unpaired) electrons. The lowest BCUT2D eigenvalue weighted by Crippen LogP contribution is -2.27. The predicted molar refractivity (Wildman–Crippen MR) is 96.0 cm³/mol. The van der Waals surface area contributed by atoms with Crippen molar-refractivity contribution in [2.75, 3.05) is 0 Å². The van der Waals surface area contributed by atoms with Gasteiger partial charge in [0.05, 0.1) is 11.7 Å². The summed E-state index contributed by atoms with van der Waals surface area (Å²) in [7, 11) is -0.561. The average Bonchev–Trinajstić information content (AvgIpc) is 2.46. The van der Waals surface area contributed by atoms with Gasteiger partial charge in [0.15, 0.2) is 9.76 Å². The molecule has 0 bridgehead atoms. The predicted octanol–water partition coefficient (Wildman–Crippen LogP) is 4.26. The molecule has 1 aromatic carbocycles. The molecule has 1 aliphatic rings. The molecule has 0 amide bonds. The minimum atomic E-state index is -0.561. The van der Waals surface area contributed by atoms with Crippen LogP contribution in [0.25, 0.3) is 0 Å². The van der Waals surface area contributed by atoms with E-state index >= 15 is 0 Å². The molecule has 0 saturated heterocycles. The van der Waals surface area contributed by atoms with E-state index in [4.69, 9.17) is 4.43 Å². The molecule has 1 aromatic rings. The van der Waals surface area contributed by atoms with Crippen LogP contribution in [0, 0.1) is 0 Å². The highest BCUT2D eigenvalue weighted by molar-refractivity contribution is 6.31. The van der Waals surface area contributed by atoms with E-state index in [0.29, 0.717) is 11.0 Å². The largest absolute Gasteiger partial charge is 0.415 e. The molecule has 1 saturated carbocycles. The van der Waals surface area contributed by atoms with Crippen molar-refractivity contribution in [1.82, 2.24) is 0 Å². The van der Waals surface area contributed by atoms with Crippen molar-refractivity contribution in [2.45, 2.75) is 83.0 Å². The van der Waals surface area contributed by atoms with Gasteiger partial charge >= 0.3 is 0 Å². The van der Waals surface area contributed by atoms with Gasteiger partial charge in [0.25, 0.3) is 0 Å². The molecule has 0 heterocycles. The Bertz CT molecular complexity index is 465. The molecular weight excluding hydrogens is 288 g/mol. The summed E-state index contributed by atoms with van der Waals surface area (Å²) < 4.78 is 6.29. The molecule has 0 aliphatic heterocycles. The number of hydrogen-bond acceptors (Lipinski definition) is 2. The molecule has 1 aliphatic carbocycles. The highest BCUT2D eigenvalue weighted by Gasteiger charge is 2.25. The van der Waals surface area contributed by atoms with E-state index in [0.717, 1.165) is 25.7 Å². The van der Waals surface area contributed by atoms with Crippen LogP contribution in [0.5, 0.6) is 0 Å². The third-order valence-electron chi connectivity index (χ3n) is 4.64. The highest BCUT2D eigenvalue weighted by Crippen LogP contribution is 2.35. The quantitative estimate of drug-likeness (QED) is 0.840. The summed E-state index contributed by atoms with van der Waals surface area (Å²) in [5, 5.41) is 9.96. The van der Waals surface area contributed by atoms with Gasteiger partial charge in [-0.3, -0.25) is 0 Å². The van der Waals surface area contributed by atoms with E-state index in [9.17, 15) is 5.11 Å². The van der Waals surface area contributed by atoms with Gasteiger partial charge in [-0.2, -0.15) is 0 Å². The second-order valence-corrected chi connectivity index (χ2v) is 11.2. The molecule has 3 heteroatoms. The van der Waals surface area contributed by atoms with E-state index < -0.39 is 9.76 Å². The van der Waals surface area contributed by atoms with Gasteiger partial charge in [-0.1, -0.05) is 45.0 Å². The second-order valence-electron chi connectivity index (χ2n) is 8.49. The van der Waals surface area contributed by atoms with E-state index in [-0.39, 0.29) is 11.7 Å². The van der Waals surface area contributed by atoms with Gasteiger partial charge in [0, 0.05) is 0 Å². The third-order valence-corrected chi connectivity index (χ3v) is 6.37. The summed E-state index contributed by atoms with van der Waals surface area (Å²) in [6, 6.07) is 9.00. The second kappa shape index (κ2) is 6.86. The highest BCUT2D eigenvalue weighted by atomic mass is 28.2. The zero-order valence-electron chi connectivity index (χ0n) is 14.9. The van der Waals surface area contributed by atoms with Gasteiger partial charge in [-0.15, -0.1) is 0 Å². The summed E-state index contributed by atoms with van der Waals surface area (Å²) in [6.45, 7) is 11.1. The molecule has 2 nitrogen and oxygen atoms in total. The van der Waals surface area contributed by atoms with Crippen molar-refractivity contribution in [3.05, 3.63) is 35.4 Å². The van der Waals surface area contributed by atoms with E-state index in [1.54, 1.807) is 0 Å². The lowest BCUT2D eigenvalue weighted by Gasteiger charge is -2.31. The van der Waals surface area contributed by atoms with E-state index in [1.807, 2.05) is 0 Å². The lowest BCUT2D eigenvalue weighted by atomic mass is 9.82. The Labute approximate surface area is 138 Å². The first-order valence-corrected chi connectivity index (χ1v) is 9.88. The first kappa shape index (κ1) is 17.7. The molecule has 0 spiro atoms. The van der Waals surface area contributed by atoms with Crippen molar-refractivity contribution < 1.29 is 9.53 Å². The molecule has 1 fully saturated rings. The van der Waals surface area contributed by atoms with Gasteiger partial charge in [0.1, 0.15) is 0 Å². The molecule has 124 valence electrons. The third kappa shape index (κ3) is 4.93. The van der Waals surface area contributed by atoms with Crippen LogP contribution < -0.4 is 0 Å². The smallest absolute Gasteiger partial charge is 0.168 e. The standard InChI is InChI=1S/C19H32O2Si/c1-18(2,3)22-21-19(4,5)16-10-6-14(7-11-16)15-8-12-17(20)13-9-15/h6-7,10-11,15,17,20H,8-9,12-13,22H2,1-5H3/t15-,17-. The summed E-state index contributed by atoms with van der Waals surface area (Å²) >= 11 is 0. The maximum absolute atomic E-state index is 9.64. The molecule has 1 N–H and O–H groups in total.